The lowest BCUT2D eigenvalue weighted by Gasteiger charge is -2.05. The smallest absolute Gasteiger partial charge is 0.259 e. The number of fused-ring (bicyclic) bond motifs is 1. The monoisotopic (exact) mass is 330 g/mol. The highest BCUT2D eigenvalue weighted by Gasteiger charge is 2.16. The maximum absolute atomic E-state index is 12.4. The summed E-state index contributed by atoms with van der Waals surface area (Å²) in [4.78, 5) is 16.6. The zero-order chi connectivity index (χ0) is 16.4. The Bertz CT molecular complexity index is 835. The summed E-state index contributed by atoms with van der Waals surface area (Å²) >= 11 is 1.43. The summed E-state index contributed by atoms with van der Waals surface area (Å²) < 4.78 is 0. The summed E-state index contributed by atoms with van der Waals surface area (Å²) in [6, 6.07) is 1.78. The van der Waals surface area contributed by atoms with Crippen molar-refractivity contribution in [2.24, 2.45) is 0 Å². The molecule has 0 radical (unpaired) electrons. The third-order valence-corrected chi connectivity index (χ3v) is 4.86. The van der Waals surface area contributed by atoms with Gasteiger partial charge in [-0.1, -0.05) is 25.2 Å². The van der Waals surface area contributed by atoms with E-state index in [1.807, 2.05) is 6.92 Å². The molecule has 0 aliphatic rings. The third kappa shape index (κ3) is 3.07. The van der Waals surface area contributed by atoms with Crippen LogP contribution in [0.4, 0.5) is 5.13 Å². The molecule has 0 saturated carbocycles. The fraction of sp³-hybridized carbons (Fsp3) is 0.400. The molecule has 3 aromatic rings. The van der Waals surface area contributed by atoms with Crippen LogP contribution >= 0.6 is 11.3 Å². The SMILES string of the molecule is CCC(CC)c1nnc(NC(=O)c2cnc3n[nH]c(C)c3c2)s1. The van der Waals surface area contributed by atoms with Crippen LogP contribution in [0.3, 0.4) is 0 Å². The number of aromatic amines is 1. The number of hydrogen-bond donors (Lipinski definition) is 2. The number of pyridine rings is 1. The van der Waals surface area contributed by atoms with Crippen LogP contribution in [0.25, 0.3) is 11.0 Å². The third-order valence-electron chi connectivity index (χ3n) is 3.86. The largest absolute Gasteiger partial charge is 0.296 e. The molecule has 1 amide bonds. The van der Waals surface area contributed by atoms with E-state index in [0.29, 0.717) is 22.3 Å². The van der Waals surface area contributed by atoms with Crippen LogP contribution < -0.4 is 5.32 Å². The molecule has 0 aliphatic carbocycles. The van der Waals surface area contributed by atoms with Gasteiger partial charge < -0.3 is 0 Å². The summed E-state index contributed by atoms with van der Waals surface area (Å²) in [6.07, 6.45) is 3.54. The molecule has 0 spiro atoms. The van der Waals surface area contributed by atoms with Crippen molar-refractivity contribution >= 4 is 33.4 Å². The van der Waals surface area contributed by atoms with Crippen LogP contribution in [-0.4, -0.2) is 31.3 Å². The minimum absolute atomic E-state index is 0.243. The predicted octanol–water partition coefficient (Wildman–Crippen LogP) is 3.27. The fourth-order valence-corrected chi connectivity index (χ4v) is 3.41. The van der Waals surface area contributed by atoms with Crippen LogP contribution in [0.1, 0.15) is 53.7 Å². The van der Waals surface area contributed by atoms with Gasteiger partial charge in [0.15, 0.2) is 5.65 Å². The Kier molecular flexibility index (Phi) is 4.33. The van der Waals surface area contributed by atoms with Gasteiger partial charge in [0.2, 0.25) is 5.13 Å². The van der Waals surface area contributed by atoms with Crippen molar-refractivity contribution in [1.82, 2.24) is 25.4 Å². The Balaban J connectivity index is 1.79. The van der Waals surface area contributed by atoms with Gasteiger partial charge in [0, 0.05) is 23.2 Å². The number of anilines is 1. The molecule has 8 heteroatoms. The first-order valence-corrected chi connectivity index (χ1v) is 8.39. The number of H-pyrrole nitrogens is 1. The number of aryl methyl sites for hydroxylation is 1. The van der Waals surface area contributed by atoms with E-state index in [1.54, 1.807) is 6.07 Å². The van der Waals surface area contributed by atoms with Gasteiger partial charge in [0.25, 0.3) is 5.91 Å². The Labute approximate surface area is 137 Å². The highest BCUT2D eigenvalue weighted by molar-refractivity contribution is 7.15. The van der Waals surface area contributed by atoms with Crippen LogP contribution in [0.15, 0.2) is 12.3 Å². The van der Waals surface area contributed by atoms with Crippen molar-refractivity contribution in [2.45, 2.75) is 39.5 Å². The normalized spacial score (nSPS) is 11.3. The average Bonchev–Trinajstić information content (AvgIpc) is 3.16. The Morgan fingerprint density at radius 3 is 2.87 bits per heavy atom. The highest BCUT2D eigenvalue weighted by Crippen LogP contribution is 2.28. The van der Waals surface area contributed by atoms with Crippen molar-refractivity contribution < 1.29 is 4.79 Å². The second-order valence-corrected chi connectivity index (χ2v) is 6.37. The van der Waals surface area contributed by atoms with Crippen LogP contribution in [0.5, 0.6) is 0 Å². The van der Waals surface area contributed by atoms with Crippen LogP contribution in [0.2, 0.25) is 0 Å². The Morgan fingerprint density at radius 2 is 2.13 bits per heavy atom. The molecular weight excluding hydrogens is 312 g/mol. The van der Waals surface area contributed by atoms with E-state index in [0.717, 1.165) is 28.9 Å². The molecule has 23 heavy (non-hydrogen) atoms. The summed E-state index contributed by atoms with van der Waals surface area (Å²) in [5, 5.41) is 20.3. The van der Waals surface area contributed by atoms with E-state index in [2.05, 4.69) is 44.5 Å². The molecule has 3 rings (SSSR count). The minimum Gasteiger partial charge on any atom is -0.296 e. The Morgan fingerprint density at radius 1 is 1.35 bits per heavy atom. The second-order valence-electron chi connectivity index (χ2n) is 5.36. The molecular formula is C15H18N6OS. The maximum Gasteiger partial charge on any atom is 0.259 e. The van der Waals surface area contributed by atoms with Gasteiger partial charge in [-0.3, -0.25) is 15.2 Å². The van der Waals surface area contributed by atoms with E-state index in [-0.39, 0.29) is 5.91 Å². The zero-order valence-corrected chi connectivity index (χ0v) is 14.1. The first kappa shape index (κ1) is 15.5. The van der Waals surface area contributed by atoms with Gasteiger partial charge in [-0.15, -0.1) is 10.2 Å². The molecule has 2 N–H and O–H groups in total. The van der Waals surface area contributed by atoms with Gasteiger partial charge in [-0.2, -0.15) is 5.10 Å². The summed E-state index contributed by atoms with van der Waals surface area (Å²) in [7, 11) is 0. The summed E-state index contributed by atoms with van der Waals surface area (Å²) in [5.74, 6) is 0.150. The van der Waals surface area contributed by atoms with Crippen LogP contribution in [-0.2, 0) is 0 Å². The lowest BCUT2D eigenvalue weighted by atomic mass is 10.1. The number of carbonyl (C=O) groups is 1. The topological polar surface area (TPSA) is 96.5 Å². The predicted molar refractivity (Wildman–Crippen MR) is 89.8 cm³/mol. The van der Waals surface area contributed by atoms with Gasteiger partial charge in [-0.25, -0.2) is 4.98 Å². The molecule has 0 saturated heterocycles. The second kappa shape index (κ2) is 6.41. The number of carbonyl (C=O) groups excluding carboxylic acids is 1. The molecule has 3 aromatic heterocycles. The molecule has 0 unspecified atom stereocenters. The van der Waals surface area contributed by atoms with Crippen molar-refractivity contribution in [3.05, 3.63) is 28.5 Å². The molecule has 0 aromatic carbocycles. The average molecular weight is 330 g/mol. The molecule has 0 fully saturated rings. The molecule has 0 aliphatic heterocycles. The molecule has 3 heterocycles. The standard InChI is InChI=1S/C15H18N6OS/c1-4-9(5-2)14-20-21-15(23-14)17-13(22)10-6-11-8(3)18-19-12(11)16-7-10/h6-7,9H,4-5H2,1-3H3,(H,16,18,19)(H,17,21,22). The van der Waals surface area contributed by atoms with E-state index in [9.17, 15) is 4.79 Å². The van der Waals surface area contributed by atoms with Crippen molar-refractivity contribution in [1.29, 1.82) is 0 Å². The van der Waals surface area contributed by atoms with E-state index in [4.69, 9.17) is 0 Å². The maximum atomic E-state index is 12.4. The van der Waals surface area contributed by atoms with Gasteiger partial charge in [0.05, 0.1) is 5.56 Å². The number of rotatable bonds is 5. The van der Waals surface area contributed by atoms with Gasteiger partial charge in [-0.05, 0) is 25.8 Å². The van der Waals surface area contributed by atoms with Gasteiger partial charge in [0.1, 0.15) is 5.01 Å². The number of nitrogens with zero attached hydrogens (tertiary/aromatic N) is 4. The number of nitrogens with one attached hydrogen (secondary N) is 2. The first-order valence-electron chi connectivity index (χ1n) is 7.57. The van der Waals surface area contributed by atoms with Crippen molar-refractivity contribution in [3.8, 4) is 0 Å². The van der Waals surface area contributed by atoms with Crippen molar-refractivity contribution in [2.75, 3.05) is 5.32 Å². The fourth-order valence-electron chi connectivity index (χ4n) is 2.40. The highest BCUT2D eigenvalue weighted by atomic mass is 32.1. The zero-order valence-electron chi connectivity index (χ0n) is 13.3. The minimum atomic E-state index is -0.243. The Hall–Kier alpha value is -2.35. The molecule has 0 atom stereocenters. The molecule has 120 valence electrons. The van der Waals surface area contributed by atoms with Gasteiger partial charge >= 0.3 is 0 Å². The summed E-state index contributed by atoms with van der Waals surface area (Å²) in [6.45, 7) is 6.15. The van der Waals surface area contributed by atoms with E-state index in [1.165, 1.54) is 17.5 Å². The van der Waals surface area contributed by atoms with Crippen molar-refractivity contribution in [3.63, 3.8) is 0 Å². The molecule has 7 nitrogen and oxygen atoms in total. The van der Waals surface area contributed by atoms with Crippen LogP contribution in [0, 0.1) is 6.92 Å². The number of hydrogen-bond acceptors (Lipinski definition) is 6. The number of aromatic nitrogens is 5. The molecule has 0 bridgehead atoms. The summed E-state index contributed by atoms with van der Waals surface area (Å²) in [5.41, 5.74) is 1.96. The van der Waals surface area contributed by atoms with E-state index >= 15 is 0 Å². The first-order chi connectivity index (χ1) is 11.1. The lowest BCUT2D eigenvalue weighted by Crippen LogP contribution is -2.12. The van der Waals surface area contributed by atoms with E-state index < -0.39 is 0 Å². The quantitative estimate of drug-likeness (QED) is 0.748. The number of amides is 1. The lowest BCUT2D eigenvalue weighted by molar-refractivity contribution is 0.102.